The van der Waals surface area contributed by atoms with E-state index >= 15 is 0 Å². The highest BCUT2D eigenvalue weighted by Crippen LogP contribution is 2.33. The summed E-state index contributed by atoms with van der Waals surface area (Å²) in [6, 6.07) is 20.7. The standard InChI is InChI=1S/C40H44N6O7S/c1-2-23-53-39(51)27-16-14-25(15-17-27)35-29-9-3-4-11-32(29)46(45-35)28-20-18-26(19-21-28)37(48)42-30(38(49)50)10-7-8-22-41-34(47)13-6-5-12-33-36-31(24-54-33)43-40(52)44-36/h2-4,9,11,14-21,30-31,33,36H,1,5-8,10,12-13,22-24H2,(H,41,47)(H,42,48)(H,49,50)(H2,43,44,52)/t30-,31?,33-,36?/m0/s1. The second-order valence-corrected chi connectivity index (χ2v) is 14.6. The number of aromatic nitrogens is 2. The van der Waals surface area contributed by atoms with Crippen molar-refractivity contribution in [3.8, 4) is 16.9 Å². The molecule has 6 rings (SSSR count). The Kier molecular flexibility index (Phi) is 12.7. The van der Waals surface area contributed by atoms with Gasteiger partial charge in [0.2, 0.25) is 5.91 Å². The van der Waals surface area contributed by atoms with E-state index in [2.05, 4.69) is 27.8 Å². The van der Waals surface area contributed by atoms with E-state index in [4.69, 9.17) is 9.84 Å². The van der Waals surface area contributed by atoms with Gasteiger partial charge < -0.3 is 31.1 Å². The van der Waals surface area contributed by atoms with E-state index in [1.807, 2.05) is 48.2 Å². The number of carbonyl (C=O) groups is 5. The molecule has 13 nitrogen and oxygen atoms in total. The summed E-state index contributed by atoms with van der Waals surface area (Å²) in [5.74, 6) is -1.18. The number of hydrogen-bond acceptors (Lipinski definition) is 8. The number of nitrogens with zero attached hydrogens (tertiary/aromatic N) is 2. The van der Waals surface area contributed by atoms with Crippen molar-refractivity contribution in [2.45, 2.75) is 68.3 Å². The van der Waals surface area contributed by atoms with E-state index in [0.717, 1.165) is 41.5 Å². The van der Waals surface area contributed by atoms with E-state index in [0.29, 0.717) is 53.6 Å². The van der Waals surface area contributed by atoms with Crippen LogP contribution in [-0.2, 0) is 14.3 Å². The summed E-state index contributed by atoms with van der Waals surface area (Å²) in [5, 5.41) is 27.4. The third-order valence-corrected chi connectivity index (χ3v) is 11.1. The molecular formula is C40H44N6O7S. The highest BCUT2D eigenvalue weighted by molar-refractivity contribution is 8.00. The minimum Gasteiger partial charge on any atom is -0.480 e. The van der Waals surface area contributed by atoms with Crippen LogP contribution in [0.15, 0.2) is 85.5 Å². The van der Waals surface area contributed by atoms with Crippen molar-refractivity contribution in [2.75, 3.05) is 18.9 Å². The molecule has 3 heterocycles. The van der Waals surface area contributed by atoms with Crippen LogP contribution in [0.1, 0.15) is 65.7 Å². The Hall–Kier alpha value is -5.63. The van der Waals surface area contributed by atoms with Crippen LogP contribution in [0.4, 0.5) is 4.79 Å². The number of benzene rings is 3. The van der Waals surface area contributed by atoms with Crippen LogP contribution in [-0.4, -0.2) is 87.0 Å². The predicted octanol–water partition coefficient (Wildman–Crippen LogP) is 5.23. The van der Waals surface area contributed by atoms with E-state index in [1.54, 1.807) is 41.1 Å². The zero-order valence-corrected chi connectivity index (χ0v) is 30.6. The Labute approximate surface area is 317 Å². The molecule has 3 aromatic carbocycles. The topological polar surface area (TPSA) is 181 Å². The van der Waals surface area contributed by atoms with Gasteiger partial charge in [0, 0.05) is 40.5 Å². The maximum Gasteiger partial charge on any atom is 0.338 e. The number of aliphatic carboxylic acids is 1. The number of carboxylic acid groups (broad SMARTS) is 1. The number of ether oxygens (including phenoxy) is 1. The quantitative estimate of drug-likeness (QED) is 0.0394. The number of fused-ring (bicyclic) bond motifs is 2. The zero-order valence-electron chi connectivity index (χ0n) is 29.8. The second kappa shape index (κ2) is 17.9. The van der Waals surface area contributed by atoms with Gasteiger partial charge in [-0.15, -0.1) is 0 Å². The summed E-state index contributed by atoms with van der Waals surface area (Å²) >= 11 is 1.86. The molecule has 0 radical (unpaired) electrons. The number of hydrogen-bond donors (Lipinski definition) is 5. The van der Waals surface area contributed by atoms with Crippen molar-refractivity contribution in [3.05, 3.63) is 96.6 Å². The summed E-state index contributed by atoms with van der Waals surface area (Å²) in [4.78, 5) is 61.2. The molecular weight excluding hydrogens is 709 g/mol. The molecule has 5 N–H and O–H groups in total. The average molecular weight is 753 g/mol. The molecule has 0 spiro atoms. The Morgan fingerprint density at radius 1 is 0.981 bits per heavy atom. The van der Waals surface area contributed by atoms with Crippen LogP contribution in [0.3, 0.4) is 0 Å². The third kappa shape index (κ3) is 9.29. The van der Waals surface area contributed by atoms with Gasteiger partial charge in [0.25, 0.3) is 5.91 Å². The molecule has 282 valence electrons. The van der Waals surface area contributed by atoms with Crippen molar-refractivity contribution in [1.29, 1.82) is 0 Å². The van der Waals surface area contributed by atoms with Crippen molar-refractivity contribution < 1.29 is 33.8 Å². The Balaban J connectivity index is 0.961. The van der Waals surface area contributed by atoms with Gasteiger partial charge in [-0.2, -0.15) is 16.9 Å². The molecule has 54 heavy (non-hydrogen) atoms. The smallest absolute Gasteiger partial charge is 0.338 e. The zero-order chi connectivity index (χ0) is 38.0. The number of para-hydroxylation sites is 1. The van der Waals surface area contributed by atoms with Crippen molar-refractivity contribution >= 4 is 52.4 Å². The second-order valence-electron chi connectivity index (χ2n) is 13.4. The lowest BCUT2D eigenvalue weighted by molar-refractivity contribution is -0.139. The third-order valence-electron chi connectivity index (χ3n) is 9.61. The maximum atomic E-state index is 13.1. The molecule has 2 unspecified atom stereocenters. The number of unbranched alkanes of at least 4 members (excludes halogenated alkanes) is 2. The van der Waals surface area contributed by atoms with E-state index in [1.165, 1.54) is 6.08 Å². The molecule has 2 aliphatic rings. The molecule has 2 fully saturated rings. The first kappa shape index (κ1) is 38.1. The van der Waals surface area contributed by atoms with Crippen molar-refractivity contribution in [3.63, 3.8) is 0 Å². The number of urea groups is 1. The summed E-state index contributed by atoms with van der Waals surface area (Å²) in [6.45, 7) is 4.12. The lowest BCUT2D eigenvalue weighted by Gasteiger charge is -2.16. The van der Waals surface area contributed by atoms with Gasteiger partial charge in [-0.05, 0) is 74.6 Å². The first-order chi connectivity index (χ1) is 26.2. The minimum atomic E-state index is -1.12. The number of carbonyl (C=O) groups excluding carboxylic acids is 4. The van der Waals surface area contributed by atoms with E-state index < -0.39 is 23.9 Å². The average Bonchev–Trinajstić information content (AvgIpc) is 3.87. The molecule has 0 bridgehead atoms. The normalized spacial score (nSPS) is 17.9. The highest BCUT2D eigenvalue weighted by atomic mass is 32.2. The van der Waals surface area contributed by atoms with Crippen molar-refractivity contribution in [2.24, 2.45) is 0 Å². The fourth-order valence-electron chi connectivity index (χ4n) is 6.78. The van der Waals surface area contributed by atoms with Gasteiger partial charge in [0.1, 0.15) is 18.3 Å². The molecule has 1 aromatic heterocycles. The van der Waals surface area contributed by atoms with Crippen LogP contribution in [0.25, 0.3) is 27.8 Å². The van der Waals surface area contributed by atoms with Gasteiger partial charge >= 0.3 is 18.0 Å². The van der Waals surface area contributed by atoms with Crippen LogP contribution in [0.2, 0.25) is 0 Å². The fraction of sp³-hybridized carbons (Fsp3) is 0.350. The summed E-state index contributed by atoms with van der Waals surface area (Å²) in [6.07, 6.45) is 5.87. The number of esters is 1. The molecule has 4 atom stereocenters. The number of amides is 4. The summed E-state index contributed by atoms with van der Waals surface area (Å²) in [7, 11) is 0. The van der Waals surface area contributed by atoms with Crippen molar-refractivity contribution in [1.82, 2.24) is 31.0 Å². The minimum absolute atomic E-state index is 0.0361. The Bertz CT molecular complexity index is 2000. The largest absolute Gasteiger partial charge is 0.480 e. The first-order valence-electron chi connectivity index (χ1n) is 18.2. The highest BCUT2D eigenvalue weighted by Gasteiger charge is 2.42. The summed E-state index contributed by atoms with van der Waals surface area (Å²) in [5.41, 5.74) is 3.81. The van der Waals surface area contributed by atoms with Gasteiger partial charge in [0.15, 0.2) is 0 Å². The Morgan fingerprint density at radius 2 is 1.74 bits per heavy atom. The molecule has 0 saturated carbocycles. The van der Waals surface area contributed by atoms with Gasteiger partial charge in [-0.1, -0.05) is 49.4 Å². The van der Waals surface area contributed by atoms with E-state index in [9.17, 15) is 29.1 Å². The lowest BCUT2D eigenvalue weighted by Crippen LogP contribution is -2.40. The summed E-state index contributed by atoms with van der Waals surface area (Å²) < 4.78 is 6.90. The number of rotatable bonds is 18. The number of thioether (sulfide) groups is 1. The van der Waals surface area contributed by atoms with Gasteiger partial charge in [0.05, 0.1) is 28.9 Å². The first-order valence-corrected chi connectivity index (χ1v) is 19.2. The lowest BCUT2D eigenvalue weighted by atomic mass is 10.0. The maximum absolute atomic E-state index is 13.1. The van der Waals surface area contributed by atoms with Crippen LogP contribution in [0, 0.1) is 0 Å². The molecule has 2 aliphatic heterocycles. The van der Waals surface area contributed by atoms with Gasteiger partial charge in [-0.3, -0.25) is 9.59 Å². The van der Waals surface area contributed by atoms with Gasteiger partial charge in [-0.25, -0.2) is 19.1 Å². The van der Waals surface area contributed by atoms with Crippen LogP contribution in [0.5, 0.6) is 0 Å². The monoisotopic (exact) mass is 752 g/mol. The molecule has 4 aromatic rings. The Morgan fingerprint density at radius 3 is 2.50 bits per heavy atom. The fourth-order valence-corrected chi connectivity index (χ4v) is 8.32. The van der Waals surface area contributed by atoms with E-state index in [-0.39, 0.29) is 37.0 Å². The molecule has 4 amide bonds. The van der Waals surface area contributed by atoms with Crippen LogP contribution >= 0.6 is 11.8 Å². The number of nitrogens with one attached hydrogen (secondary N) is 4. The number of carboxylic acids is 1. The molecule has 14 heteroatoms. The van der Waals surface area contributed by atoms with Crippen LogP contribution < -0.4 is 21.3 Å². The predicted molar refractivity (Wildman–Crippen MR) is 207 cm³/mol. The molecule has 2 saturated heterocycles. The molecule has 0 aliphatic carbocycles. The SMILES string of the molecule is C=CCOC(=O)c1ccc(-c2nn(-c3ccc(C(=O)N[C@@H](CCCCNC(=O)CCCC[C@@H]4SCC5NC(=O)NC54)C(=O)O)cc3)c3ccccc23)cc1.